The SMILES string of the molecule is Nc1c(Br)cc(C(=O)CCC(=O)N2CC[C@@H](N3Cc4ccccc4NC3=O)C2)cc1Br. The summed E-state index contributed by atoms with van der Waals surface area (Å²) in [6.07, 6.45) is 0.994. The lowest BCUT2D eigenvalue weighted by Gasteiger charge is -2.33. The fourth-order valence-corrected chi connectivity index (χ4v) is 5.19. The summed E-state index contributed by atoms with van der Waals surface area (Å²) in [6, 6.07) is 10.9. The first kappa shape index (κ1) is 21.8. The van der Waals surface area contributed by atoms with Crippen LogP contribution in [0.3, 0.4) is 0 Å². The lowest BCUT2D eigenvalue weighted by Crippen LogP contribution is -2.46. The number of hydrogen-bond donors (Lipinski definition) is 2. The van der Waals surface area contributed by atoms with Crippen LogP contribution >= 0.6 is 31.9 Å². The van der Waals surface area contributed by atoms with Gasteiger partial charge < -0.3 is 20.9 Å². The predicted octanol–water partition coefficient (Wildman–Crippen LogP) is 4.41. The van der Waals surface area contributed by atoms with Gasteiger partial charge in [-0.15, -0.1) is 0 Å². The minimum atomic E-state index is -0.132. The van der Waals surface area contributed by atoms with Crippen molar-refractivity contribution >= 4 is 61.0 Å². The molecule has 1 saturated heterocycles. The van der Waals surface area contributed by atoms with Crippen molar-refractivity contribution in [1.82, 2.24) is 9.80 Å². The summed E-state index contributed by atoms with van der Waals surface area (Å²) < 4.78 is 1.28. The molecular formula is C22H22Br2N4O3. The molecule has 0 bridgehead atoms. The molecule has 2 aliphatic rings. The molecule has 0 aromatic heterocycles. The van der Waals surface area contributed by atoms with Crippen LogP contribution in [0.5, 0.6) is 0 Å². The second-order valence-electron chi connectivity index (χ2n) is 7.77. The Balaban J connectivity index is 1.33. The molecule has 31 heavy (non-hydrogen) atoms. The van der Waals surface area contributed by atoms with Gasteiger partial charge in [0.1, 0.15) is 0 Å². The fraction of sp³-hybridized carbons (Fsp3) is 0.318. The van der Waals surface area contributed by atoms with Gasteiger partial charge in [0, 0.05) is 52.7 Å². The molecule has 9 heteroatoms. The van der Waals surface area contributed by atoms with Crippen molar-refractivity contribution in [2.24, 2.45) is 0 Å². The number of fused-ring (bicyclic) bond motifs is 1. The molecule has 1 fully saturated rings. The zero-order valence-electron chi connectivity index (χ0n) is 16.7. The third kappa shape index (κ3) is 4.62. The molecule has 2 aliphatic heterocycles. The minimum Gasteiger partial charge on any atom is -0.397 e. The number of para-hydroxylation sites is 1. The highest BCUT2D eigenvalue weighted by Gasteiger charge is 2.35. The second-order valence-corrected chi connectivity index (χ2v) is 9.48. The number of nitrogens with two attached hydrogens (primary N) is 1. The predicted molar refractivity (Wildman–Crippen MR) is 126 cm³/mol. The Morgan fingerprint density at radius 1 is 1.13 bits per heavy atom. The Kier molecular flexibility index (Phi) is 6.34. The highest BCUT2D eigenvalue weighted by molar-refractivity contribution is 9.11. The summed E-state index contributed by atoms with van der Waals surface area (Å²) in [6.45, 7) is 1.61. The van der Waals surface area contributed by atoms with Gasteiger partial charge in [-0.3, -0.25) is 9.59 Å². The average molecular weight is 550 g/mol. The molecule has 3 N–H and O–H groups in total. The van der Waals surface area contributed by atoms with Crippen molar-refractivity contribution in [3.63, 3.8) is 0 Å². The molecule has 0 spiro atoms. The first-order chi connectivity index (χ1) is 14.8. The molecule has 0 radical (unpaired) electrons. The molecule has 4 rings (SSSR count). The Hall–Kier alpha value is -2.39. The van der Waals surface area contributed by atoms with Gasteiger partial charge >= 0.3 is 6.03 Å². The Morgan fingerprint density at radius 2 is 1.84 bits per heavy atom. The smallest absolute Gasteiger partial charge is 0.322 e. The van der Waals surface area contributed by atoms with Crippen LogP contribution in [0.2, 0.25) is 0 Å². The number of Topliss-reactive ketones (excluding diaryl/α,β-unsaturated/α-hetero) is 1. The highest BCUT2D eigenvalue weighted by Crippen LogP contribution is 2.30. The number of anilines is 2. The van der Waals surface area contributed by atoms with E-state index >= 15 is 0 Å². The third-order valence-electron chi connectivity index (χ3n) is 5.78. The van der Waals surface area contributed by atoms with Crippen molar-refractivity contribution in [3.8, 4) is 0 Å². The van der Waals surface area contributed by atoms with Crippen LogP contribution in [-0.2, 0) is 11.3 Å². The average Bonchev–Trinajstić information content (AvgIpc) is 3.24. The maximum Gasteiger partial charge on any atom is 0.322 e. The molecule has 0 unspecified atom stereocenters. The van der Waals surface area contributed by atoms with Crippen molar-refractivity contribution < 1.29 is 14.4 Å². The topological polar surface area (TPSA) is 95.7 Å². The van der Waals surface area contributed by atoms with Gasteiger partial charge in [0.25, 0.3) is 0 Å². The minimum absolute atomic E-state index is 0.0305. The number of ketones is 1. The normalized spacial score (nSPS) is 18.0. The molecule has 2 aromatic rings. The zero-order chi connectivity index (χ0) is 22.1. The summed E-state index contributed by atoms with van der Waals surface area (Å²) >= 11 is 6.68. The Morgan fingerprint density at radius 3 is 2.58 bits per heavy atom. The molecule has 0 aliphatic carbocycles. The van der Waals surface area contributed by atoms with Crippen LogP contribution in [-0.4, -0.2) is 46.7 Å². The molecule has 3 amide bonds. The van der Waals surface area contributed by atoms with Crippen LogP contribution in [0.25, 0.3) is 0 Å². The lowest BCUT2D eigenvalue weighted by atomic mass is 10.1. The van der Waals surface area contributed by atoms with Gasteiger partial charge in [0.2, 0.25) is 5.91 Å². The maximum atomic E-state index is 12.7. The van der Waals surface area contributed by atoms with Crippen molar-refractivity contribution in [1.29, 1.82) is 0 Å². The van der Waals surface area contributed by atoms with Crippen LogP contribution < -0.4 is 11.1 Å². The van der Waals surface area contributed by atoms with Crippen LogP contribution in [0, 0.1) is 0 Å². The summed E-state index contributed by atoms with van der Waals surface area (Å²) in [5, 5.41) is 2.92. The van der Waals surface area contributed by atoms with E-state index in [1.54, 1.807) is 21.9 Å². The summed E-state index contributed by atoms with van der Waals surface area (Å²) in [5.74, 6) is -0.181. The molecular weight excluding hydrogens is 528 g/mol. The highest BCUT2D eigenvalue weighted by atomic mass is 79.9. The van der Waals surface area contributed by atoms with Crippen molar-refractivity contribution in [2.75, 3.05) is 24.1 Å². The standard InChI is InChI=1S/C22H22Br2N4O3/c23-16-9-14(10-17(24)21(16)25)19(29)5-6-20(30)27-8-7-15(12-27)28-11-13-3-1-2-4-18(13)26-22(28)31/h1-4,9-10,15H,5-8,11-12,25H2,(H,26,31)/t15-/m1/s1. The quantitative estimate of drug-likeness (QED) is 0.426. The number of halogens is 2. The molecule has 162 valence electrons. The maximum absolute atomic E-state index is 12.7. The van der Waals surface area contributed by atoms with Gasteiger partial charge in [-0.05, 0) is 62.0 Å². The van der Waals surface area contributed by atoms with E-state index in [0.29, 0.717) is 39.8 Å². The number of hydrogen-bond acceptors (Lipinski definition) is 4. The number of nitrogen functional groups attached to an aromatic ring is 1. The zero-order valence-corrected chi connectivity index (χ0v) is 19.9. The monoisotopic (exact) mass is 548 g/mol. The summed E-state index contributed by atoms with van der Waals surface area (Å²) in [4.78, 5) is 41.3. The number of rotatable bonds is 5. The summed E-state index contributed by atoms with van der Waals surface area (Å²) in [5.41, 5.74) is 8.81. The van der Waals surface area contributed by atoms with Crippen LogP contribution in [0.4, 0.5) is 16.2 Å². The van der Waals surface area contributed by atoms with Crippen LogP contribution in [0.15, 0.2) is 45.3 Å². The number of amides is 3. The number of carbonyl (C=O) groups is 3. The van der Waals surface area contributed by atoms with E-state index in [1.165, 1.54) is 0 Å². The van der Waals surface area contributed by atoms with E-state index < -0.39 is 0 Å². The fourth-order valence-electron chi connectivity index (χ4n) is 4.01. The van der Waals surface area contributed by atoms with Gasteiger partial charge in [-0.25, -0.2) is 4.79 Å². The largest absolute Gasteiger partial charge is 0.397 e. The van der Waals surface area contributed by atoms with E-state index in [0.717, 1.165) is 17.7 Å². The molecule has 1 atom stereocenters. The van der Waals surface area contributed by atoms with E-state index in [4.69, 9.17) is 5.73 Å². The number of nitrogens with zero attached hydrogens (tertiary/aromatic N) is 2. The first-order valence-electron chi connectivity index (χ1n) is 10.0. The molecule has 0 saturated carbocycles. The molecule has 7 nitrogen and oxygen atoms in total. The number of nitrogens with one attached hydrogen (secondary N) is 1. The van der Waals surface area contributed by atoms with Gasteiger partial charge in [0.05, 0.1) is 11.7 Å². The van der Waals surface area contributed by atoms with Gasteiger partial charge in [0.15, 0.2) is 5.78 Å². The van der Waals surface area contributed by atoms with E-state index in [2.05, 4.69) is 37.2 Å². The number of carbonyl (C=O) groups excluding carboxylic acids is 3. The van der Waals surface area contributed by atoms with E-state index in [-0.39, 0.29) is 36.6 Å². The molecule has 2 heterocycles. The van der Waals surface area contributed by atoms with Crippen molar-refractivity contribution in [2.45, 2.75) is 31.8 Å². The first-order valence-corrected chi connectivity index (χ1v) is 11.6. The number of urea groups is 1. The van der Waals surface area contributed by atoms with Gasteiger partial charge in [-0.2, -0.15) is 0 Å². The van der Waals surface area contributed by atoms with Crippen molar-refractivity contribution in [3.05, 3.63) is 56.5 Å². The van der Waals surface area contributed by atoms with Crippen LogP contribution in [0.1, 0.15) is 35.2 Å². The lowest BCUT2D eigenvalue weighted by molar-refractivity contribution is -0.130. The van der Waals surface area contributed by atoms with Gasteiger partial charge in [-0.1, -0.05) is 18.2 Å². The Labute approximate surface area is 197 Å². The summed E-state index contributed by atoms with van der Waals surface area (Å²) in [7, 11) is 0. The van der Waals surface area contributed by atoms with E-state index in [9.17, 15) is 14.4 Å². The Bertz CT molecular complexity index is 1040. The number of likely N-dealkylation sites (tertiary alicyclic amines) is 1. The third-order valence-corrected chi connectivity index (χ3v) is 7.10. The number of benzene rings is 2. The van der Waals surface area contributed by atoms with E-state index in [1.807, 2.05) is 24.3 Å². The second kappa shape index (κ2) is 9.00. The molecule has 2 aromatic carbocycles.